The van der Waals surface area contributed by atoms with Gasteiger partial charge in [-0.15, -0.1) is 0 Å². The van der Waals surface area contributed by atoms with Gasteiger partial charge in [-0.25, -0.2) is 0 Å². The Labute approximate surface area is 99.4 Å². The largest absolute Gasteiger partial charge is 0.480 e. The Morgan fingerprint density at radius 3 is 2.71 bits per heavy atom. The van der Waals surface area contributed by atoms with E-state index in [-0.39, 0.29) is 5.92 Å². The van der Waals surface area contributed by atoms with E-state index in [2.05, 4.69) is 4.98 Å². The number of H-pyrrole nitrogens is 1. The van der Waals surface area contributed by atoms with Gasteiger partial charge in [-0.2, -0.15) is 0 Å². The molecule has 1 aromatic heterocycles. The quantitative estimate of drug-likeness (QED) is 0.757. The lowest BCUT2D eigenvalue weighted by Gasteiger charge is -2.16. The van der Waals surface area contributed by atoms with Gasteiger partial charge in [-0.1, -0.05) is 25.1 Å². The summed E-state index contributed by atoms with van der Waals surface area (Å²) in [6.07, 6.45) is 0. The zero-order valence-electron chi connectivity index (χ0n) is 9.90. The number of carboxylic acid groups (broad SMARTS) is 1. The van der Waals surface area contributed by atoms with Crippen LogP contribution < -0.4 is 5.73 Å². The summed E-state index contributed by atoms with van der Waals surface area (Å²) in [5, 5.41) is 10.0. The molecular weight excluding hydrogens is 216 g/mol. The first-order valence-electron chi connectivity index (χ1n) is 5.58. The molecule has 1 aromatic carbocycles. The van der Waals surface area contributed by atoms with Crippen molar-refractivity contribution < 1.29 is 9.90 Å². The molecule has 2 aromatic rings. The summed E-state index contributed by atoms with van der Waals surface area (Å²) >= 11 is 0. The molecule has 17 heavy (non-hydrogen) atoms. The summed E-state index contributed by atoms with van der Waals surface area (Å²) in [6.45, 7) is 3.79. The second-order valence-electron chi connectivity index (χ2n) is 4.36. The number of benzene rings is 1. The van der Waals surface area contributed by atoms with Crippen molar-refractivity contribution in [2.24, 2.45) is 5.73 Å². The fourth-order valence-corrected chi connectivity index (χ4v) is 2.28. The minimum atomic E-state index is -0.970. The summed E-state index contributed by atoms with van der Waals surface area (Å²) in [5.41, 5.74) is 8.69. The van der Waals surface area contributed by atoms with Crippen LogP contribution in [0.2, 0.25) is 0 Å². The van der Waals surface area contributed by atoms with E-state index >= 15 is 0 Å². The van der Waals surface area contributed by atoms with Crippen LogP contribution in [-0.2, 0) is 4.79 Å². The number of aliphatic carboxylic acids is 1. The first-order valence-corrected chi connectivity index (χ1v) is 5.58. The normalized spacial score (nSPS) is 14.8. The Bertz CT molecular complexity index is 560. The molecule has 2 atom stereocenters. The Morgan fingerprint density at radius 2 is 2.06 bits per heavy atom. The summed E-state index contributed by atoms with van der Waals surface area (Å²) in [6, 6.07) is 6.97. The number of carbonyl (C=O) groups is 1. The third kappa shape index (κ3) is 1.91. The summed E-state index contributed by atoms with van der Waals surface area (Å²) in [7, 11) is 0. The van der Waals surface area contributed by atoms with Gasteiger partial charge in [-0.05, 0) is 18.6 Å². The number of rotatable bonds is 3. The van der Waals surface area contributed by atoms with Crippen molar-refractivity contribution in [3.63, 3.8) is 0 Å². The molecule has 1 heterocycles. The molecule has 0 aliphatic heterocycles. The Balaban J connectivity index is 2.54. The van der Waals surface area contributed by atoms with Crippen molar-refractivity contribution in [2.75, 3.05) is 0 Å². The molecule has 2 unspecified atom stereocenters. The lowest BCUT2D eigenvalue weighted by atomic mass is 9.91. The minimum absolute atomic E-state index is 0.219. The van der Waals surface area contributed by atoms with E-state index in [1.54, 1.807) is 0 Å². The SMILES string of the molecule is Cc1[nH]c2ccccc2c1C(C)C(N)C(=O)O. The van der Waals surface area contributed by atoms with Crippen LogP contribution in [0.5, 0.6) is 0 Å². The average molecular weight is 232 g/mol. The third-order valence-electron chi connectivity index (χ3n) is 3.22. The Hall–Kier alpha value is -1.81. The number of hydrogen-bond donors (Lipinski definition) is 3. The lowest BCUT2D eigenvalue weighted by Crippen LogP contribution is -2.35. The topological polar surface area (TPSA) is 79.1 Å². The predicted molar refractivity (Wildman–Crippen MR) is 67.1 cm³/mol. The van der Waals surface area contributed by atoms with Crippen LogP contribution >= 0.6 is 0 Å². The van der Waals surface area contributed by atoms with Crippen LogP contribution in [0, 0.1) is 6.92 Å². The zero-order chi connectivity index (χ0) is 12.6. The van der Waals surface area contributed by atoms with Gasteiger partial charge >= 0.3 is 5.97 Å². The van der Waals surface area contributed by atoms with Gasteiger partial charge in [-0.3, -0.25) is 4.79 Å². The zero-order valence-corrected chi connectivity index (χ0v) is 9.90. The van der Waals surface area contributed by atoms with Crippen LogP contribution in [-0.4, -0.2) is 22.1 Å². The van der Waals surface area contributed by atoms with Crippen molar-refractivity contribution in [2.45, 2.75) is 25.8 Å². The maximum Gasteiger partial charge on any atom is 0.321 e. The van der Waals surface area contributed by atoms with E-state index in [9.17, 15) is 4.79 Å². The highest BCUT2D eigenvalue weighted by Gasteiger charge is 2.25. The molecule has 0 amide bonds. The number of aromatic amines is 1. The third-order valence-corrected chi connectivity index (χ3v) is 3.22. The van der Waals surface area contributed by atoms with Gasteiger partial charge in [0.1, 0.15) is 6.04 Å². The van der Waals surface area contributed by atoms with Gasteiger partial charge < -0.3 is 15.8 Å². The summed E-state index contributed by atoms with van der Waals surface area (Å²) in [4.78, 5) is 14.2. The van der Waals surface area contributed by atoms with Crippen molar-refractivity contribution >= 4 is 16.9 Å². The second kappa shape index (κ2) is 4.22. The van der Waals surface area contributed by atoms with Gasteiger partial charge in [0.15, 0.2) is 0 Å². The number of hydrogen-bond acceptors (Lipinski definition) is 2. The molecule has 0 spiro atoms. The Morgan fingerprint density at radius 1 is 1.41 bits per heavy atom. The fourth-order valence-electron chi connectivity index (χ4n) is 2.28. The second-order valence-corrected chi connectivity index (χ2v) is 4.36. The standard InChI is InChI=1S/C13H16N2O2/c1-7(12(14)13(16)17)11-8(2)15-10-6-4-3-5-9(10)11/h3-7,12,15H,14H2,1-2H3,(H,16,17). The van der Waals surface area contributed by atoms with Gasteiger partial charge in [0.2, 0.25) is 0 Å². The van der Waals surface area contributed by atoms with Gasteiger partial charge in [0.25, 0.3) is 0 Å². The molecule has 2 rings (SSSR count). The van der Waals surface area contributed by atoms with E-state index in [0.29, 0.717) is 0 Å². The first kappa shape index (κ1) is 11.7. The van der Waals surface area contributed by atoms with E-state index in [0.717, 1.165) is 22.2 Å². The number of nitrogens with one attached hydrogen (secondary N) is 1. The molecule has 0 aliphatic carbocycles. The van der Waals surface area contributed by atoms with Crippen molar-refractivity contribution in [1.82, 2.24) is 4.98 Å². The summed E-state index contributed by atoms with van der Waals surface area (Å²) in [5.74, 6) is -1.19. The molecule has 0 bridgehead atoms. The van der Waals surface area contributed by atoms with Crippen LogP contribution in [0.4, 0.5) is 0 Å². The fraction of sp³-hybridized carbons (Fsp3) is 0.308. The number of aryl methyl sites for hydroxylation is 1. The van der Waals surface area contributed by atoms with E-state index in [1.807, 2.05) is 38.1 Å². The number of fused-ring (bicyclic) bond motifs is 1. The van der Waals surface area contributed by atoms with Gasteiger partial charge in [0.05, 0.1) is 0 Å². The first-order chi connectivity index (χ1) is 8.02. The highest BCUT2D eigenvalue weighted by Crippen LogP contribution is 2.30. The summed E-state index contributed by atoms with van der Waals surface area (Å²) < 4.78 is 0. The number of aromatic nitrogens is 1. The van der Waals surface area contributed by atoms with Gasteiger partial charge in [0, 0.05) is 22.5 Å². The molecule has 0 fully saturated rings. The molecule has 0 saturated carbocycles. The van der Waals surface area contributed by atoms with Crippen LogP contribution in [0.3, 0.4) is 0 Å². The maximum atomic E-state index is 10.9. The van der Waals surface area contributed by atoms with Crippen molar-refractivity contribution in [3.05, 3.63) is 35.5 Å². The smallest absolute Gasteiger partial charge is 0.321 e. The monoisotopic (exact) mass is 232 g/mol. The highest BCUT2D eigenvalue weighted by atomic mass is 16.4. The average Bonchev–Trinajstić information content (AvgIpc) is 2.62. The lowest BCUT2D eigenvalue weighted by molar-refractivity contribution is -0.138. The van der Waals surface area contributed by atoms with E-state index < -0.39 is 12.0 Å². The van der Waals surface area contributed by atoms with Crippen LogP contribution in [0.25, 0.3) is 10.9 Å². The van der Waals surface area contributed by atoms with Crippen molar-refractivity contribution in [3.8, 4) is 0 Å². The molecule has 4 N–H and O–H groups in total. The highest BCUT2D eigenvalue weighted by molar-refractivity contribution is 5.86. The number of nitrogens with two attached hydrogens (primary N) is 1. The molecular formula is C13H16N2O2. The molecule has 90 valence electrons. The molecule has 0 saturated heterocycles. The van der Waals surface area contributed by atoms with Crippen LogP contribution in [0.15, 0.2) is 24.3 Å². The Kier molecular flexibility index (Phi) is 2.90. The minimum Gasteiger partial charge on any atom is -0.480 e. The maximum absolute atomic E-state index is 10.9. The van der Waals surface area contributed by atoms with Crippen LogP contribution in [0.1, 0.15) is 24.1 Å². The molecule has 0 aliphatic rings. The number of carboxylic acids is 1. The van der Waals surface area contributed by atoms with E-state index in [1.165, 1.54) is 0 Å². The molecule has 0 radical (unpaired) electrons. The van der Waals surface area contributed by atoms with E-state index in [4.69, 9.17) is 10.8 Å². The molecule has 4 nitrogen and oxygen atoms in total. The predicted octanol–water partition coefficient (Wildman–Crippen LogP) is 1.99. The molecule has 4 heteroatoms. The number of para-hydroxylation sites is 1. The van der Waals surface area contributed by atoms with Crippen molar-refractivity contribution in [1.29, 1.82) is 0 Å².